The third-order valence-electron chi connectivity index (χ3n) is 4.26. The van der Waals surface area contributed by atoms with Gasteiger partial charge in [0.2, 0.25) is 5.95 Å². The fourth-order valence-electron chi connectivity index (χ4n) is 2.82. The lowest BCUT2D eigenvalue weighted by atomic mass is 10.2. The van der Waals surface area contributed by atoms with E-state index in [0.29, 0.717) is 18.7 Å². The molecule has 2 aromatic heterocycles. The second kappa shape index (κ2) is 9.10. The van der Waals surface area contributed by atoms with Crippen LogP contribution in [0.15, 0.2) is 36.8 Å². The Kier molecular flexibility index (Phi) is 6.32. The van der Waals surface area contributed by atoms with Gasteiger partial charge in [-0.2, -0.15) is 0 Å². The maximum atomic E-state index is 12.1. The van der Waals surface area contributed by atoms with Crippen molar-refractivity contribution in [3.05, 3.63) is 42.4 Å². The Morgan fingerprint density at radius 1 is 1.12 bits per heavy atom. The van der Waals surface area contributed by atoms with Gasteiger partial charge in [-0.1, -0.05) is 0 Å². The highest BCUT2D eigenvalue weighted by atomic mass is 16.5. The fourth-order valence-corrected chi connectivity index (χ4v) is 2.82. The molecule has 3 rings (SSSR count). The summed E-state index contributed by atoms with van der Waals surface area (Å²) in [6.07, 6.45) is 5.95. The predicted molar refractivity (Wildman–Crippen MR) is 99.5 cm³/mol. The van der Waals surface area contributed by atoms with Crippen molar-refractivity contribution in [2.75, 3.05) is 56.2 Å². The second-order valence-corrected chi connectivity index (χ2v) is 6.03. The highest BCUT2D eigenvalue weighted by Crippen LogP contribution is 2.16. The molecule has 26 heavy (non-hydrogen) atoms. The van der Waals surface area contributed by atoms with Crippen LogP contribution in [-0.4, -0.2) is 67.3 Å². The van der Waals surface area contributed by atoms with E-state index in [2.05, 4.69) is 30.1 Å². The van der Waals surface area contributed by atoms with Crippen molar-refractivity contribution in [2.24, 2.45) is 0 Å². The molecular weight excluding hydrogens is 332 g/mol. The second-order valence-electron chi connectivity index (χ2n) is 6.03. The van der Waals surface area contributed by atoms with Crippen LogP contribution in [-0.2, 0) is 4.74 Å². The summed E-state index contributed by atoms with van der Waals surface area (Å²) < 4.78 is 4.97. The predicted octanol–water partition coefficient (Wildman–Crippen LogP) is 0.964. The molecule has 1 amide bonds. The highest BCUT2D eigenvalue weighted by molar-refractivity contribution is 5.94. The molecule has 0 unspecified atom stereocenters. The van der Waals surface area contributed by atoms with Gasteiger partial charge >= 0.3 is 0 Å². The van der Waals surface area contributed by atoms with E-state index in [-0.39, 0.29) is 5.91 Å². The van der Waals surface area contributed by atoms with Gasteiger partial charge < -0.3 is 19.9 Å². The molecule has 0 saturated carbocycles. The number of carbonyl (C=O) groups is 1. The summed E-state index contributed by atoms with van der Waals surface area (Å²) in [6.45, 7) is 4.60. The first kappa shape index (κ1) is 18.1. The van der Waals surface area contributed by atoms with Crippen molar-refractivity contribution in [2.45, 2.75) is 6.42 Å². The molecule has 1 fully saturated rings. The first-order valence-corrected chi connectivity index (χ1v) is 8.78. The van der Waals surface area contributed by atoms with Gasteiger partial charge in [-0.05, 0) is 24.6 Å². The summed E-state index contributed by atoms with van der Waals surface area (Å²) in [5.74, 6) is 1.54. The molecule has 2 aromatic rings. The molecule has 138 valence electrons. The Morgan fingerprint density at radius 2 is 1.85 bits per heavy atom. The molecule has 0 spiro atoms. The van der Waals surface area contributed by atoms with Gasteiger partial charge in [0.05, 0.1) is 5.56 Å². The number of hydrogen-bond acceptors (Lipinski definition) is 7. The van der Waals surface area contributed by atoms with Crippen LogP contribution in [0.25, 0.3) is 0 Å². The van der Waals surface area contributed by atoms with Crippen LogP contribution >= 0.6 is 0 Å². The van der Waals surface area contributed by atoms with Gasteiger partial charge in [0.1, 0.15) is 5.82 Å². The van der Waals surface area contributed by atoms with Crippen LogP contribution in [0.4, 0.5) is 11.8 Å². The van der Waals surface area contributed by atoms with Crippen LogP contribution < -0.4 is 15.1 Å². The van der Waals surface area contributed by atoms with Gasteiger partial charge in [-0.15, -0.1) is 0 Å². The van der Waals surface area contributed by atoms with E-state index < -0.39 is 0 Å². The number of nitrogens with zero attached hydrogens (tertiary/aromatic N) is 5. The normalized spacial score (nSPS) is 14.3. The van der Waals surface area contributed by atoms with E-state index in [1.807, 2.05) is 18.2 Å². The number of anilines is 2. The minimum atomic E-state index is -0.105. The van der Waals surface area contributed by atoms with Gasteiger partial charge in [0.25, 0.3) is 5.91 Å². The quantitative estimate of drug-likeness (QED) is 0.740. The number of amides is 1. The van der Waals surface area contributed by atoms with Crippen LogP contribution in [0.2, 0.25) is 0 Å². The summed E-state index contributed by atoms with van der Waals surface area (Å²) in [7, 11) is 1.65. The number of aromatic nitrogens is 3. The summed E-state index contributed by atoms with van der Waals surface area (Å²) in [6, 6.07) is 5.54. The van der Waals surface area contributed by atoms with Gasteiger partial charge in [0, 0.05) is 65.0 Å². The van der Waals surface area contributed by atoms with Crippen LogP contribution in [0.1, 0.15) is 16.8 Å². The van der Waals surface area contributed by atoms with Crippen molar-refractivity contribution in [3.8, 4) is 0 Å². The fraction of sp³-hybridized carbons (Fsp3) is 0.444. The molecule has 0 aliphatic carbocycles. The third-order valence-corrected chi connectivity index (χ3v) is 4.26. The molecular formula is C18H24N6O2. The Labute approximate surface area is 153 Å². The molecule has 8 heteroatoms. The van der Waals surface area contributed by atoms with E-state index in [1.54, 1.807) is 25.7 Å². The summed E-state index contributed by atoms with van der Waals surface area (Å²) in [4.78, 5) is 29.5. The van der Waals surface area contributed by atoms with Gasteiger partial charge in [-0.3, -0.25) is 4.79 Å². The summed E-state index contributed by atoms with van der Waals surface area (Å²) >= 11 is 0. The molecule has 3 heterocycles. The average Bonchev–Trinajstić information content (AvgIpc) is 2.72. The Balaban J connectivity index is 1.51. The monoisotopic (exact) mass is 356 g/mol. The molecule has 8 nitrogen and oxygen atoms in total. The van der Waals surface area contributed by atoms with Gasteiger partial charge in [-0.25, -0.2) is 15.0 Å². The molecule has 1 aliphatic rings. The van der Waals surface area contributed by atoms with Crippen LogP contribution in [0.5, 0.6) is 0 Å². The van der Waals surface area contributed by atoms with E-state index >= 15 is 0 Å². The zero-order valence-electron chi connectivity index (χ0n) is 15.0. The molecule has 0 bridgehead atoms. The third kappa shape index (κ3) is 4.66. The van der Waals surface area contributed by atoms with E-state index in [9.17, 15) is 4.79 Å². The highest BCUT2D eigenvalue weighted by Gasteiger charge is 2.19. The van der Waals surface area contributed by atoms with Crippen LogP contribution in [0, 0.1) is 0 Å². The number of hydrogen-bond donors (Lipinski definition) is 1. The lowest BCUT2D eigenvalue weighted by molar-refractivity contribution is 0.0948. The zero-order chi connectivity index (χ0) is 18.2. The smallest absolute Gasteiger partial charge is 0.252 e. The number of methoxy groups -OCH3 is 1. The first-order chi connectivity index (χ1) is 12.8. The van der Waals surface area contributed by atoms with Crippen LogP contribution in [0.3, 0.4) is 0 Å². The Hall–Kier alpha value is -2.74. The molecule has 1 saturated heterocycles. The van der Waals surface area contributed by atoms with E-state index in [0.717, 1.165) is 44.4 Å². The van der Waals surface area contributed by atoms with E-state index in [4.69, 9.17) is 4.74 Å². The Bertz CT molecular complexity index is 687. The number of ether oxygens (including phenoxy) is 1. The zero-order valence-corrected chi connectivity index (χ0v) is 15.0. The molecule has 1 aliphatic heterocycles. The molecule has 0 aromatic carbocycles. The van der Waals surface area contributed by atoms with Gasteiger partial charge in [0.15, 0.2) is 0 Å². The Morgan fingerprint density at radius 3 is 2.50 bits per heavy atom. The minimum Gasteiger partial charge on any atom is -0.385 e. The summed E-state index contributed by atoms with van der Waals surface area (Å²) in [5, 5.41) is 2.86. The SMILES string of the molecule is COCCCNC(=O)c1ccc(N2CCN(c3ncccn3)CC2)nc1. The number of rotatable bonds is 7. The lowest BCUT2D eigenvalue weighted by Gasteiger charge is -2.35. The number of nitrogens with one attached hydrogen (secondary N) is 1. The molecule has 1 N–H and O–H groups in total. The minimum absolute atomic E-state index is 0.105. The molecule has 0 atom stereocenters. The van der Waals surface area contributed by atoms with Crippen molar-refractivity contribution < 1.29 is 9.53 Å². The van der Waals surface area contributed by atoms with Crippen molar-refractivity contribution >= 4 is 17.7 Å². The number of carbonyl (C=O) groups excluding carboxylic acids is 1. The average molecular weight is 356 g/mol. The molecule has 0 radical (unpaired) electrons. The van der Waals surface area contributed by atoms with E-state index in [1.165, 1.54) is 0 Å². The van der Waals surface area contributed by atoms with Crippen molar-refractivity contribution in [1.82, 2.24) is 20.3 Å². The maximum absolute atomic E-state index is 12.1. The van der Waals surface area contributed by atoms with Crippen molar-refractivity contribution in [1.29, 1.82) is 0 Å². The lowest BCUT2D eigenvalue weighted by Crippen LogP contribution is -2.47. The standard InChI is InChI=1S/C18H24N6O2/c1-26-13-3-8-19-17(25)15-4-5-16(22-14-15)23-9-11-24(12-10-23)18-20-6-2-7-21-18/h2,4-7,14H,3,8-13H2,1H3,(H,19,25). The number of pyridine rings is 1. The first-order valence-electron chi connectivity index (χ1n) is 8.78. The summed E-state index contributed by atoms with van der Waals surface area (Å²) in [5.41, 5.74) is 0.572. The van der Waals surface area contributed by atoms with Crippen molar-refractivity contribution in [3.63, 3.8) is 0 Å². The topological polar surface area (TPSA) is 83.5 Å². The largest absolute Gasteiger partial charge is 0.385 e. The number of piperazine rings is 1. The maximum Gasteiger partial charge on any atom is 0.252 e.